The molecular weight excluding hydrogens is 352 g/mol. The third-order valence-electron chi connectivity index (χ3n) is 4.15. The van der Waals surface area contributed by atoms with E-state index in [-0.39, 0.29) is 0 Å². The van der Waals surface area contributed by atoms with Gasteiger partial charge in [-0.1, -0.05) is 0 Å². The second-order valence-corrected chi connectivity index (χ2v) is 6.71. The lowest BCUT2D eigenvalue weighted by molar-refractivity contribution is 0.180. The largest absolute Gasteiger partial charge is 0.412 e. The second-order valence-electron chi connectivity index (χ2n) is 5.85. The number of rotatable bonds is 6. The summed E-state index contributed by atoms with van der Waals surface area (Å²) in [7, 11) is 1.58. The Morgan fingerprint density at radius 3 is 3.04 bits per heavy atom. The quantitative estimate of drug-likeness (QED) is 0.454. The Morgan fingerprint density at radius 1 is 1.27 bits per heavy atom. The molecule has 3 aromatic heterocycles. The van der Waals surface area contributed by atoms with E-state index in [1.54, 1.807) is 24.5 Å². The van der Waals surface area contributed by atoms with Gasteiger partial charge in [0.1, 0.15) is 11.4 Å². The first-order chi connectivity index (χ1) is 12.7. The summed E-state index contributed by atoms with van der Waals surface area (Å²) in [6, 6.07) is 5.57. The number of hydrogen-bond donors (Lipinski definition) is 3. The molecule has 0 spiro atoms. The summed E-state index contributed by atoms with van der Waals surface area (Å²) in [6.45, 7) is 0.851. The summed E-state index contributed by atoms with van der Waals surface area (Å²) >= 11 is 1.63. The Morgan fingerprint density at radius 2 is 2.15 bits per heavy atom. The van der Waals surface area contributed by atoms with Crippen molar-refractivity contribution in [2.24, 2.45) is 0 Å². The number of ether oxygens (including phenoxy) is 2. The Balaban J connectivity index is 1.55. The average Bonchev–Trinajstić information content (AvgIpc) is 3.33. The fraction of sp³-hybridized carbons (Fsp3) is 0.222. The number of methoxy groups -OCH3 is 1. The van der Waals surface area contributed by atoms with Gasteiger partial charge < -0.3 is 24.8 Å². The van der Waals surface area contributed by atoms with Crippen LogP contribution in [0.5, 0.6) is 5.75 Å². The number of nitrogens with one attached hydrogen (secondary N) is 3. The molecule has 4 rings (SSSR count). The van der Waals surface area contributed by atoms with Crippen LogP contribution in [-0.2, 0) is 11.2 Å². The van der Waals surface area contributed by atoms with Crippen molar-refractivity contribution in [3.63, 3.8) is 0 Å². The number of nitrogens with zero attached hydrogens (tertiary/aromatic N) is 1. The highest BCUT2D eigenvalue weighted by Crippen LogP contribution is 2.29. The maximum atomic E-state index is 11.8. The monoisotopic (exact) mass is 370 g/mol. The zero-order chi connectivity index (χ0) is 17.9. The third kappa shape index (κ3) is 3.29. The molecule has 0 bridgehead atoms. The molecule has 0 aliphatic heterocycles. The number of hydrogen-bond acceptors (Lipinski definition) is 5. The topological polar surface area (TPSA) is 92.0 Å². The predicted octanol–water partition coefficient (Wildman–Crippen LogP) is 3.43. The molecule has 0 unspecified atom stereocenters. The zero-order valence-corrected chi connectivity index (χ0v) is 15.0. The van der Waals surface area contributed by atoms with E-state index in [9.17, 15) is 4.79 Å². The van der Waals surface area contributed by atoms with Crippen LogP contribution in [0.2, 0.25) is 0 Å². The first-order valence-electron chi connectivity index (χ1n) is 8.18. The number of carbonyl (C=O) groups is 1. The van der Waals surface area contributed by atoms with Gasteiger partial charge in [0.15, 0.2) is 0 Å². The molecule has 0 radical (unpaired) electrons. The fourth-order valence-corrected chi connectivity index (χ4v) is 3.67. The summed E-state index contributed by atoms with van der Waals surface area (Å²) in [5.41, 5.74) is 6.10. The van der Waals surface area contributed by atoms with Gasteiger partial charge >= 0.3 is 6.09 Å². The molecule has 3 N–H and O–H groups in total. The molecule has 0 saturated heterocycles. The normalized spacial score (nSPS) is 11.3. The van der Waals surface area contributed by atoms with Gasteiger partial charge in [0.2, 0.25) is 0 Å². The number of amides is 1. The summed E-state index contributed by atoms with van der Waals surface area (Å²) < 4.78 is 11.4. The van der Waals surface area contributed by atoms with E-state index < -0.39 is 6.09 Å². The minimum absolute atomic E-state index is 0.408. The molecule has 134 valence electrons. The number of benzene rings is 1. The molecule has 7 nitrogen and oxygen atoms in total. The molecule has 0 aliphatic carbocycles. The molecule has 0 saturated carbocycles. The van der Waals surface area contributed by atoms with Crippen LogP contribution < -0.4 is 10.1 Å². The van der Waals surface area contributed by atoms with Gasteiger partial charge in [-0.2, -0.15) is 0 Å². The van der Waals surface area contributed by atoms with Crippen molar-refractivity contribution in [1.82, 2.24) is 20.3 Å². The summed E-state index contributed by atoms with van der Waals surface area (Å²) in [5.74, 6) is 0.505. The van der Waals surface area contributed by atoms with Gasteiger partial charge in [-0.05, 0) is 29.3 Å². The fourth-order valence-electron chi connectivity index (χ4n) is 2.90. The molecule has 0 fully saturated rings. The minimum Gasteiger partial charge on any atom is -0.410 e. The SMILES string of the molecule is COCCNC(=O)Oc1ccc2[nH]cc(Cc3c[nH]c4ncsc34)c2c1. The Bertz CT molecular complexity index is 1050. The highest BCUT2D eigenvalue weighted by atomic mass is 32.1. The van der Waals surface area contributed by atoms with Crippen molar-refractivity contribution in [3.05, 3.63) is 47.2 Å². The summed E-state index contributed by atoms with van der Waals surface area (Å²) in [6.07, 6.45) is 4.27. The van der Waals surface area contributed by atoms with Crippen LogP contribution in [0.3, 0.4) is 0 Å². The Hall–Kier alpha value is -2.84. The van der Waals surface area contributed by atoms with Crippen LogP contribution in [0.25, 0.3) is 21.3 Å². The number of aromatic nitrogens is 3. The van der Waals surface area contributed by atoms with Gasteiger partial charge in [-0.25, -0.2) is 9.78 Å². The number of H-pyrrole nitrogens is 2. The molecule has 0 aliphatic rings. The van der Waals surface area contributed by atoms with Gasteiger partial charge in [-0.15, -0.1) is 11.3 Å². The smallest absolute Gasteiger partial charge is 0.410 e. The predicted molar refractivity (Wildman–Crippen MR) is 101 cm³/mol. The lowest BCUT2D eigenvalue weighted by atomic mass is 10.1. The molecule has 3 heterocycles. The van der Waals surface area contributed by atoms with Crippen LogP contribution in [-0.4, -0.2) is 41.3 Å². The molecule has 4 aromatic rings. The van der Waals surface area contributed by atoms with E-state index in [1.165, 1.54) is 10.3 Å². The van der Waals surface area contributed by atoms with Crippen LogP contribution in [0, 0.1) is 0 Å². The number of carbonyl (C=O) groups excluding carboxylic acids is 1. The standard InChI is InChI=1S/C18H18N4O3S/c1-24-5-4-19-18(23)25-13-2-3-15-14(7-13)11(8-20-15)6-12-9-21-17-16(12)26-10-22-17/h2-3,7-10,20-21H,4-6H2,1H3,(H,19,23). The van der Waals surface area contributed by atoms with Crippen LogP contribution in [0.1, 0.15) is 11.1 Å². The number of thiazole rings is 1. The van der Waals surface area contributed by atoms with E-state index >= 15 is 0 Å². The highest BCUT2D eigenvalue weighted by Gasteiger charge is 2.12. The maximum Gasteiger partial charge on any atom is 0.412 e. The second kappa shape index (κ2) is 7.19. The molecule has 1 amide bonds. The maximum absolute atomic E-state index is 11.8. The van der Waals surface area contributed by atoms with Gasteiger partial charge in [-0.3, -0.25) is 0 Å². The van der Waals surface area contributed by atoms with E-state index in [2.05, 4.69) is 20.3 Å². The van der Waals surface area contributed by atoms with E-state index in [0.29, 0.717) is 18.9 Å². The number of aromatic amines is 2. The molecule has 26 heavy (non-hydrogen) atoms. The van der Waals surface area contributed by atoms with Crippen LogP contribution >= 0.6 is 11.3 Å². The van der Waals surface area contributed by atoms with Crippen molar-refractivity contribution in [1.29, 1.82) is 0 Å². The van der Waals surface area contributed by atoms with E-state index in [0.717, 1.165) is 28.5 Å². The first kappa shape index (κ1) is 16.6. The zero-order valence-electron chi connectivity index (χ0n) is 14.2. The van der Waals surface area contributed by atoms with Crippen molar-refractivity contribution >= 4 is 38.7 Å². The van der Waals surface area contributed by atoms with Crippen molar-refractivity contribution in [3.8, 4) is 5.75 Å². The molecule has 8 heteroatoms. The summed E-state index contributed by atoms with van der Waals surface area (Å²) in [5, 5.41) is 3.67. The van der Waals surface area contributed by atoms with Crippen LogP contribution in [0.15, 0.2) is 36.1 Å². The van der Waals surface area contributed by atoms with Crippen LogP contribution in [0.4, 0.5) is 4.79 Å². The minimum atomic E-state index is -0.490. The Kier molecular flexibility index (Phi) is 4.59. The third-order valence-corrected chi connectivity index (χ3v) is 5.05. The van der Waals surface area contributed by atoms with Crippen molar-refractivity contribution in [2.45, 2.75) is 6.42 Å². The van der Waals surface area contributed by atoms with Gasteiger partial charge in [0.05, 0.1) is 16.8 Å². The summed E-state index contributed by atoms with van der Waals surface area (Å²) in [4.78, 5) is 22.6. The molecule has 1 aromatic carbocycles. The highest BCUT2D eigenvalue weighted by molar-refractivity contribution is 7.16. The Labute approximate surface area is 153 Å². The molecule has 0 atom stereocenters. The van der Waals surface area contributed by atoms with Gasteiger partial charge in [0.25, 0.3) is 0 Å². The van der Waals surface area contributed by atoms with Crippen molar-refractivity contribution < 1.29 is 14.3 Å². The lowest BCUT2D eigenvalue weighted by Gasteiger charge is -2.06. The molecular formula is C18H18N4O3S. The first-order valence-corrected chi connectivity index (χ1v) is 9.06. The van der Waals surface area contributed by atoms with Gasteiger partial charge in [0, 0.05) is 43.4 Å². The van der Waals surface area contributed by atoms with E-state index in [1.807, 2.05) is 30.0 Å². The number of fused-ring (bicyclic) bond motifs is 2. The van der Waals surface area contributed by atoms with E-state index in [4.69, 9.17) is 9.47 Å². The average molecular weight is 370 g/mol. The van der Waals surface area contributed by atoms with Crippen molar-refractivity contribution in [2.75, 3.05) is 20.3 Å². The lowest BCUT2D eigenvalue weighted by Crippen LogP contribution is -2.29.